The number of carbonyl (C=O) groups excluding carboxylic acids is 1. The summed E-state index contributed by atoms with van der Waals surface area (Å²) in [6, 6.07) is 7.73. The minimum absolute atomic E-state index is 0.0134. The lowest BCUT2D eigenvalue weighted by Gasteiger charge is -2.25. The molecular formula is C18H23N5O2. The topological polar surface area (TPSA) is 63.5 Å². The van der Waals surface area contributed by atoms with E-state index in [4.69, 9.17) is 4.74 Å². The van der Waals surface area contributed by atoms with Crippen molar-refractivity contribution in [1.29, 1.82) is 0 Å². The van der Waals surface area contributed by atoms with E-state index in [9.17, 15) is 4.79 Å². The molecule has 0 saturated carbocycles. The average molecular weight is 341 g/mol. The zero-order chi connectivity index (χ0) is 17.6. The lowest BCUT2D eigenvalue weighted by atomic mass is 10.2. The van der Waals surface area contributed by atoms with Crippen molar-refractivity contribution < 1.29 is 9.53 Å². The fourth-order valence-corrected chi connectivity index (χ4v) is 2.55. The van der Waals surface area contributed by atoms with Gasteiger partial charge in [0, 0.05) is 25.7 Å². The third-order valence-corrected chi connectivity index (χ3v) is 4.06. The molecule has 1 aromatic heterocycles. The van der Waals surface area contributed by atoms with Crippen molar-refractivity contribution in [3.8, 4) is 5.75 Å². The van der Waals surface area contributed by atoms with Crippen LogP contribution in [0.3, 0.4) is 0 Å². The highest BCUT2D eigenvalue weighted by molar-refractivity contribution is 5.91. The van der Waals surface area contributed by atoms with Crippen molar-refractivity contribution in [3.63, 3.8) is 0 Å². The van der Waals surface area contributed by atoms with Crippen LogP contribution in [-0.2, 0) is 17.9 Å². The second-order valence-corrected chi connectivity index (χ2v) is 6.25. The van der Waals surface area contributed by atoms with Gasteiger partial charge in [-0.2, -0.15) is 0 Å². The molecule has 0 radical (unpaired) electrons. The molecule has 1 aromatic carbocycles. The Bertz CT molecular complexity index is 736. The van der Waals surface area contributed by atoms with Crippen LogP contribution < -0.4 is 4.74 Å². The second-order valence-electron chi connectivity index (χ2n) is 6.25. The molecule has 7 nitrogen and oxygen atoms in total. The van der Waals surface area contributed by atoms with E-state index in [0.29, 0.717) is 19.7 Å². The van der Waals surface area contributed by atoms with Crippen LogP contribution in [0.2, 0.25) is 0 Å². The van der Waals surface area contributed by atoms with Crippen molar-refractivity contribution in [2.75, 3.05) is 33.8 Å². The molecule has 1 aliphatic heterocycles. The summed E-state index contributed by atoms with van der Waals surface area (Å²) in [4.78, 5) is 16.2. The molecule has 0 fully saturated rings. The van der Waals surface area contributed by atoms with Crippen LogP contribution in [0.25, 0.3) is 6.08 Å². The summed E-state index contributed by atoms with van der Waals surface area (Å²) in [5, 5.41) is 7.90. The molecule has 3 rings (SSSR count). The van der Waals surface area contributed by atoms with Gasteiger partial charge in [-0.1, -0.05) is 12.1 Å². The number of hydrogen-bond acceptors (Lipinski definition) is 5. The van der Waals surface area contributed by atoms with Crippen molar-refractivity contribution in [2.24, 2.45) is 0 Å². The van der Waals surface area contributed by atoms with Gasteiger partial charge in [0.15, 0.2) is 5.82 Å². The fraction of sp³-hybridized carbons (Fsp3) is 0.389. The molecule has 132 valence electrons. The number of ether oxygens (including phenoxy) is 1. The van der Waals surface area contributed by atoms with Gasteiger partial charge in [-0.3, -0.25) is 4.79 Å². The van der Waals surface area contributed by atoms with Crippen LogP contribution in [0.1, 0.15) is 11.4 Å². The van der Waals surface area contributed by atoms with Gasteiger partial charge in [0.25, 0.3) is 0 Å². The standard InChI is InChI=1S/C18H23N5O2/c1-21(2)11-12-25-16-6-3-15(4-7-16)5-8-18(24)22-9-10-23-14-19-20-17(23)13-22/h3-8,14H,9-13H2,1-2H3/b8-5+. The van der Waals surface area contributed by atoms with E-state index in [1.807, 2.05) is 49.0 Å². The van der Waals surface area contributed by atoms with Crippen LogP contribution >= 0.6 is 0 Å². The monoisotopic (exact) mass is 341 g/mol. The van der Waals surface area contributed by atoms with E-state index in [2.05, 4.69) is 15.1 Å². The van der Waals surface area contributed by atoms with E-state index in [-0.39, 0.29) is 5.91 Å². The number of amides is 1. The molecule has 2 heterocycles. The first-order valence-electron chi connectivity index (χ1n) is 8.33. The van der Waals surface area contributed by atoms with Gasteiger partial charge < -0.3 is 19.1 Å². The Labute approximate surface area is 147 Å². The van der Waals surface area contributed by atoms with E-state index >= 15 is 0 Å². The summed E-state index contributed by atoms with van der Waals surface area (Å²) >= 11 is 0. The molecule has 0 bridgehead atoms. The quantitative estimate of drug-likeness (QED) is 0.741. The maximum atomic E-state index is 12.3. The van der Waals surface area contributed by atoms with Gasteiger partial charge in [0.2, 0.25) is 5.91 Å². The number of nitrogens with zero attached hydrogens (tertiary/aromatic N) is 5. The maximum absolute atomic E-state index is 12.3. The van der Waals surface area contributed by atoms with Crippen molar-refractivity contribution in [2.45, 2.75) is 13.1 Å². The van der Waals surface area contributed by atoms with Crippen molar-refractivity contribution in [1.82, 2.24) is 24.6 Å². The van der Waals surface area contributed by atoms with E-state index < -0.39 is 0 Å². The summed E-state index contributed by atoms with van der Waals surface area (Å²) in [6.07, 6.45) is 5.13. The summed E-state index contributed by atoms with van der Waals surface area (Å²) < 4.78 is 7.64. The first-order chi connectivity index (χ1) is 12.1. The van der Waals surface area contributed by atoms with Crippen LogP contribution in [0.5, 0.6) is 5.75 Å². The molecule has 25 heavy (non-hydrogen) atoms. The minimum atomic E-state index is -0.0134. The normalized spacial score (nSPS) is 14.1. The predicted octanol–water partition coefficient (Wildman–Crippen LogP) is 1.27. The molecule has 0 saturated heterocycles. The van der Waals surface area contributed by atoms with Crippen molar-refractivity contribution in [3.05, 3.63) is 48.1 Å². The van der Waals surface area contributed by atoms with E-state index in [0.717, 1.165) is 30.2 Å². The maximum Gasteiger partial charge on any atom is 0.247 e. The minimum Gasteiger partial charge on any atom is -0.492 e. The SMILES string of the molecule is CN(C)CCOc1ccc(/C=C/C(=O)N2CCn3cnnc3C2)cc1. The zero-order valence-electron chi connectivity index (χ0n) is 14.6. The first-order valence-corrected chi connectivity index (χ1v) is 8.33. The Balaban J connectivity index is 1.52. The van der Waals surface area contributed by atoms with Gasteiger partial charge in [0.1, 0.15) is 18.7 Å². The summed E-state index contributed by atoms with van der Waals surface area (Å²) in [7, 11) is 4.03. The lowest BCUT2D eigenvalue weighted by Crippen LogP contribution is -2.37. The number of hydrogen-bond donors (Lipinski definition) is 0. The van der Waals surface area contributed by atoms with Crippen molar-refractivity contribution >= 4 is 12.0 Å². The van der Waals surface area contributed by atoms with Crippen LogP contribution in [0, 0.1) is 0 Å². The third-order valence-electron chi connectivity index (χ3n) is 4.06. The Morgan fingerprint density at radius 2 is 2.08 bits per heavy atom. The number of carbonyl (C=O) groups is 1. The summed E-state index contributed by atoms with van der Waals surface area (Å²) in [6.45, 7) is 3.44. The van der Waals surface area contributed by atoms with Gasteiger partial charge in [-0.15, -0.1) is 10.2 Å². The van der Waals surface area contributed by atoms with Gasteiger partial charge in [-0.25, -0.2) is 0 Å². The molecule has 1 amide bonds. The first kappa shape index (κ1) is 17.2. The summed E-state index contributed by atoms with van der Waals surface area (Å²) in [5.41, 5.74) is 0.966. The molecule has 0 atom stereocenters. The highest BCUT2D eigenvalue weighted by Crippen LogP contribution is 2.14. The number of aromatic nitrogens is 3. The highest BCUT2D eigenvalue weighted by atomic mass is 16.5. The highest BCUT2D eigenvalue weighted by Gasteiger charge is 2.19. The lowest BCUT2D eigenvalue weighted by molar-refractivity contribution is -0.127. The van der Waals surface area contributed by atoms with Gasteiger partial charge in [-0.05, 0) is 37.9 Å². The summed E-state index contributed by atoms with van der Waals surface area (Å²) in [5.74, 6) is 1.65. The molecule has 0 N–H and O–H groups in total. The van der Waals surface area contributed by atoms with Crippen LogP contribution in [0.4, 0.5) is 0 Å². The average Bonchev–Trinajstić information content (AvgIpc) is 3.08. The smallest absolute Gasteiger partial charge is 0.247 e. The van der Waals surface area contributed by atoms with Crippen LogP contribution in [-0.4, -0.2) is 64.3 Å². The molecular weight excluding hydrogens is 318 g/mol. The zero-order valence-corrected chi connectivity index (χ0v) is 14.6. The number of fused-ring (bicyclic) bond motifs is 1. The molecule has 1 aliphatic rings. The fourth-order valence-electron chi connectivity index (χ4n) is 2.55. The largest absolute Gasteiger partial charge is 0.492 e. The Morgan fingerprint density at radius 1 is 1.28 bits per heavy atom. The molecule has 0 aliphatic carbocycles. The Hall–Kier alpha value is -2.67. The van der Waals surface area contributed by atoms with E-state index in [1.165, 1.54) is 0 Å². The second kappa shape index (κ2) is 7.94. The Kier molecular flexibility index (Phi) is 5.45. The van der Waals surface area contributed by atoms with Gasteiger partial charge in [0.05, 0.1) is 6.54 Å². The van der Waals surface area contributed by atoms with Crippen LogP contribution in [0.15, 0.2) is 36.7 Å². The molecule has 2 aromatic rings. The number of benzene rings is 1. The third kappa shape index (κ3) is 4.67. The number of likely N-dealkylation sites (N-methyl/N-ethyl adjacent to an activating group) is 1. The number of rotatable bonds is 6. The van der Waals surface area contributed by atoms with Gasteiger partial charge >= 0.3 is 0 Å². The van der Waals surface area contributed by atoms with E-state index in [1.54, 1.807) is 17.3 Å². The predicted molar refractivity (Wildman–Crippen MR) is 95.0 cm³/mol. The molecule has 0 unspecified atom stereocenters. The molecule has 0 spiro atoms. The Morgan fingerprint density at radius 3 is 2.84 bits per heavy atom. The molecule has 7 heteroatoms.